The van der Waals surface area contributed by atoms with Crippen LogP contribution in [0.25, 0.3) is 0 Å². The van der Waals surface area contributed by atoms with Crippen LogP contribution in [0.2, 0.25) is 0 Å². The average molecular weight is 354 g/mol. The molecule has 1 fully saturated rings. The van der Waals surface area contributed by atoms with E-state index in [0.717, 1.165) is 49.7 Å². The van der Waals surface area contributed by atoms with Gasteiger partial charge in [0.15, 0.2) is 0 Å². The third kappa shape index (κ3) is 4.94. The van der Waals surface area contributed by atoms with Crippen LogP contribution in [0, 0.1) is 0 Å². The Morgan fingerprint density at radius 1 is 1.12 bits per heavy atom. The largest absolute Gasteiger partial charge is 0.494 e. The molecule has 6 heteroatoms. The van der Waals surface area contributed by atoms with Crippen molar-refractivity contribution >= 4 is 11.7 Å². The van der Waals surface area contributed by atoms with Gasteiger partial charge in [0.05, 0.1) is 19.2 Å². The van der Waals surface area contributed by atoms with Gasteiger partial charge in [-0.2, -0.15) is 0 Å². The molecule has 1 aliphatic heterocycles. The van der Waals surface area contributed by atoms with Gasteiger partial charge in [-0.25, -0.2) is 4.98 Å². The maximum atomic E-state index is 12.6. The quantitative estimate of drug-likeness (QED) is 0.715. The van der Waals surface area contributed by atoms with E-state index in [1.54, 1.807) is 18.6 Å². The van der Waals surface area contributed by atoms with Gasteiger partial charge in [0.2, 0.25) is 5.91 Å². The number of unbranched alkanes of at least 4 members (excludes halogenated alkanes) is 1. The van der Waals surface area contributed by atoms with Crippen molar-refractivity contribution in [3.63, 3.8) is 0 Å². The molecule has 1 aromatic carbocycles. The second kappa shape index (κ2) is 9.17. The number of nitrogens with zero attached hydrogens (tertiary/aromatic N) is 4. The number of carbonyl (C=O) groups excluding carboxylic acids is 1. The smallest absolute Gasteiger partial charge is 0.227 e. The fourth-order valence-electron chi connectivity index (χ4n) is 2.96. The van der Waals surface area contributed by atoms with Crippen molar-refractivity contribution < 1.29 is 9.53 Å². The molecule has 2 heterocycles. The number of piperazine rings is 1. The molecule has 1 amide bonds. The minimum atomic E-state index is 0.170. The molecule has 0 radical (unpaired) electrons. The summed E-state index contributed by atoms with van der Waals surface area (Å²) in [6, 6.07) is 7.86. The van der Waals surface area contributed by atoms with E-state index < -0.39 is 0 Å². The molecule has 1 aliphatic rings. The van der Waals surface area contributed by atoms with E-state index in [9.17, 15) is 4.79 Å². The molecule has 26 heavy (non-hydrogen) atoms. The number of ether oxygens (including phenoxy) is 1. The first-order chi connectivity index (χ1) is 12.8. The average Bonchev–Trinajstić information content (AvgIpc) is 2.70. The van der Waals surface area contributed by atoms with Crippen molar-refractivity contribution in [3.05, 3.63) is 48.4 Å². The lowest BCUT2D eigenvalue weighted by atomic mass is 10.1. The number of aromatic nitrogens is 2. The van der Waals surface area contributed by atoms with E-state index in [1.165, 1.54) is 0 Å². The summed E-state index contributed by atoms with van der Waals surface area (Å²) in [6.07, 6.45) is 7.74. The predicted molar refractivity (Wildman–Crippen MR) is 101 cm³/mol. The van der Waals surface area contributed by atoms with E-state index in [4.69, 9.17) is 4.74 Å². The number of amides is 1. The molecule has 0 saturated carbocycles. The monoisotopic (exact) mass is 354 g/mol. The summed E-state index contributed by atoms with van der Waals surface area (Å²) in [6.45, 7) is 5.89. The molecule has 3 rings (SSSR count). The molecule has 0 spiro atoms. The Balaban J connectivity index is 1.47. The summed E-state index contributed by atoms with van der Waals surface area (Å²) in [7, 11) is 0. The molecule has 0 bridgehead atoms. The minimum Gasteiger partial charge on any atom is -0.494 e. The van der Waals surface area contributed by atoms with Gasteiger partial charge in [0.1, 0.15) is 11.6 Å². The second-order valence-corrected chi connectivity index (χ2v) is 6.45. The van der Waals surface area contributed by atoms with E-state index in [0.29, 0.717) is 19.5 Å². The van der Waals surface area contributed by atoms with E-state index in [2.05, 4.69) is 21.8 Å². The highest BCUT2D eigenvalue weighted by molar-refractivity contribution is 5.79. The van der Waals surface area contributed by atoms with Crippen LogP contribution in [0.1, 0.15) is 25.3 Å². The normalized spacial score (nSPS) is 14.3. The van der Waals surface area contributed by atoms with Crippen molar-refractivity contribution in [2.24, 2.45) is 0 Å². The zero-order valence-corrected chi connectivity index (χ0v) is 15.3. The highest BCUT2D eigenvalue weighted by Gasteiger charge is 2.21. The zero-order chi connectivity index (χ0) is 18.2. The molecule has 0 unspecified atom stereocenters. The molecule has 2 aromatic rings. The van der Waals surface area contributed by atoms with Crippen molar-refractivity contribution in [2.75, 3.05) is 37.7 Å². The first-order valence-corrected chi connectivity index (χ1v) is 9.26. The second-order valence-electron chi connectivity index (χ2n) is 6.45. The Morgan fingerprint density at radius 2 is 1.88 bits per heavy atom. The lowest BCUT2D eigenvalue weighted by molar-refractivity contribution is -0.130. The highest BCUT2D eigenvalue weighted by atomic mass is 16.5. The third-order valence-corrected chi connectivity index (χ3v) is 4.55. The fraction of sp³-hybridized carbons (Fsp3) is 0.450. The molecule has 138 valence electrons. The van der Waals surface area contributed by atoms with Gasteiger partial charge in [0.25, 0.3) is 0 Å². The number of hydrogen-bond acceptors (Lipinski definition) is 5. The molecule has 6 nitrogen and oxygen atoms in total. The summed E-state index contributed by atoms with van der Waals surface area (Å²) in [4.78, 5) is 25.1. The van der Waals surface area contributed by atoms with Crippen LogP contribution in [0.5, 0.6) is 5.75 Å². The molecule has 1 aromatic heterocycles. The first kappa shape index (κ1) is 18.2. The maximum Gasteiger partial charge on any atom is 0.227 e. The Morgan fingerprint density at radius 3 is 2.54 bits per heavy atom. The van der Waals surface area contributed by atoms with Gasteiger partial charge in [-0.3, -0.25) is 9.78 Å². The van der Waals surface area contributed by atoms with Crippen LogP contribution in [0.4, 0.5) is 5.82 Å². The summed E-state index contributed by atoms with van der Waals surface area (Å²) in [5, 5.41) is 0. The van der Waals surface area contributed by atoms with Crippen LogP contribution >= 0.6 is 0 Å². The van der Waals surface area contributed by atoms with Crippen molar-refractivity contribution in [2.45, 2.75) is 26.2 Å². The molecule has 0 N–H and O–H groups in total. The molecule has 1 saturated heterocycles. The first-order valence-electron chi connectivity index (χ1n) is 9.26. The molecular weight excluding hydrogens is 328 g/mol. The molecule has 0 atom stereocenters. The SMILES string of the molecule is CCCCOc1ccc(CC(=O)N2CCN(c3cnccn3)CC2)cc1. The summed E-state index contributed by atoms with van der Waals surface area (Å²) < 4.78 is 5.66. The lowest BCUT2D eigenvalue weighted by Gasteiger charge is -2.35. The van der Waals surface area contributed by atoms with Crippen LogP contribution < -0.4 is 9.64 Å². The van der Waals surface area contributed by atoms with Crippen molar-refractivity contribution in [3.8, 4) is 5.75 Å². The summed E-state index contributed by atoms with van der Waals surface area (Å²) in [5.74, 6) is 1.91. The Kier molecular flexibility index (Phi) is 6.41. The zero-order valence-electron chi connectivity index (χ0n) is 15.3. The number of rotatable bonds is 7. The van der Waals surface area contributed by atoms with Gasteiger partial charge in [-0.05, 0) is 24.1 Å². The van der Waals surface area contributed by atoms with E-state index >= 15 is 0 Å². The van der Waals surface area contributed by atoms with Crippen LogP contribution in [0.3, 0.4) is 0 Å². The Labute approximate surface area is 154 Å². The maximum absolute atomic E-state index is 12.6. The minimum absolute atomic E-state index is 0.170. The van der Waals surface area contributed by atoms with Crippen molar-refractivity contribution in [1.82, 2.24) is 14.9 Å². The van der Waals surface area contributed by atoms with Crippen molar-refractivity contribution in [1.29, 1.82) is 0 Å². The van der Waals surface area contributed by atoms with E-state index in [1.807, 2.05) is 29.2 Å². The predicted octanol–water partition coefficient (Wildman–Crippen LogP) is 2.55. The Bertz CT molecular complexity index is 683. The third-order valence-electron chi connectivity index (χ3n) is 4.55. The fourth-order valence-corrected chi connectivity index (χ4v) is 2.96. The molecular formula is C20H26N4O2. The van der Waals surface area contributed by atoms with Gasteiger partial charge in [-0.15, -0.1) is 0 Å². The summed E-state index contributed by atoms with van der Waals surface area (Å²) in [5.41, 5.74) is 1.02. The number of benzene rings is 1. The van der Waals surface area contributed by atoms with Gasteiger partial charge >= 0.3 is 0 Å². The van der Waals surface area contributed by atoms with Crippen LogP contribution in [-0.2, 0) is 11.2 Å². The van der Waals surface area contributed by atoms with Crippen LogP contribution in [0.15, 0.2) is 42.9 Å². The highest BCUT2D eigenvalue weighted by Crippen LogP contribution is 2.15. The van der Waals surface area contributed by atoms with Crippen LogP contribution in [-0.4, -0.2) is 53.6 Å². The number of hydrogen-bond donors (Lipinski definition) is 0. The standard InChI is InChI=1S/C20H26N4O2/c1-2-3-14-26-18-6-4-17(5-7-18)15-20(25)24-12-10-23(11-13-24)19-16-21-8-9-22-19/h4-9,16H,2-3,10-15H2,1H3. The lowest BCUT2D eigenvalue weighted by Crippen LogP contribution is -2.49. The molecule has 0 aliphatic carbocycles. The topological polar surface area (TPSA) is 58.6 Å². The van der Waals surface area contributed by atoms with E-state index in [-0.39, 0.29) is 5.91 Å². The number of anilines is 1. The number of carbonyl (C=O) groups is 1. The Hall–Kier alpha value is -2.63. The van der Waals surface area contributed by atoms with Gasteiger partial charge in [-0.1, -0.05) is 25.5 Å². The van der Waals surface area contributed by atoms with Gasteiger partial charge < -0.3 is 14.5 Å². The summed E-state index contributed by atoms with van der Waals surface area (Å²) >= 11 is 0. The van der Waals surface area contributed by atoms with Gasteiger partial charge in [0, 0.05) is 38.6 Å².